The van der Waals surface area contributed by atoms with Crippen molar-refractivity contribution in [3.63, 3.8) is 0 Å². The van der Waals surface area contributed by atoms with Crippen LogP contribution in [0.4, 0.5) is 0 Å². The zero-order valence-corrected chi connectivity index (χ0v) is 11.3. The van der Waals surface area contributed by atoms with Crippen LogP contribution in [0.5, 0.6) is 0 Å². The molecule has 14 heavy (non-hydrogen) atoms. The molecule has 1 fully saturated rings. The lowest BCUT2D eigenvalue weighted by atomic mass is 10.0. The van der Waals surface area contributed by atoms with Crippen LogP contribution in [0.15, 0.2) is 0 Å². The Balaban J connectivity index is 2.50. The second kappa shape index (κ2) is 4.79. The predicted molar refractivity (Wildman–Crippen MR) is 66.3 cm³/mol. The molecule has 1 aliphatic heterocycles. The Morgan fingerprint density at radius 3 is 2.57 bits per heavy atom. The molecule has 1 N–H and O–H groups in total. The highest BCUT2D eigenvalue weighted by Gasteiger charge is 2.29. The largest absolute Gasteiger partial charge is 0.350 e. The zero-order valence-electron chi connectivity index (χ0n) is 9.14. The third-order valence-corrected chi connectivity index (χ3v) is 3.39. The molecule has 0 saturated carbocycles. The summed E-state index contributed by atoms with van der Waals surface area (Å²) < 4.78 is 2.13. The van der Waals surface area contributed by atoms with Gasteiger partial charge in [-0.15, -0.1) is 0 Å². The summed E-state index contributed by atoms with van der Waals surface area (Å²) in [5, 5.41) is 3.03. The van der Waals surface area contributed by atoms with Crippen molar-refractivity contribution >= 4 is 28.8 Å². The van der Waals surface area contributed by atoms with Gasteiger partial charge in [0.15, 0.2) is 0 Å². The highest BCUT2D eigenvalue weighted by Crippen LogP contribution is 2.21. The van der Waals surface area contributed by atoms with Gasteiger partial charge in [0, 0.05) is 34.9 Å². The van der Waals surface area contributed by atoms with E-state index in [0.717, 1.165) is 13.0 Å². The molecule has 1 heterocycles. The van der Waals surface area contributed by atoms with E-state index in [4.69, 9.17) is 0 Å². The average Bonchev–Trinajstić information content (AvgIpc) is 2.01. The second-order valence-corrected chi connectivity index (χ2v) is 6.11. The maximum atomic E-state index is 11.9. The summed E-state index contributed by atoms with van der Waals surface area (Å²) in [5.41, 5.74) is -0.119. The smallest absolute Gasteiger partial charge is 0.238 e. The van der Waals surface area contributed by atoms with E-state index in [2.05, 4.69) is 31.3 Å². The number of carbonyl (C=O) groups is 1. The number of piperidine rings is 1. The molecule has 4 heteroatoms. The van der Waals surface area contributed by atoms with Gasteiger partial charge in [0.1, 0.15) is 0 Å². The first-order chi connectivity index (χ1) is 6.40. The zero-order chi connectivity index (χ0) is 10.8. The highest BCUT2D eigenvalue weighted by atomic mass is 127. The summed E-state index contributed by atoms with van der Waals surface area (Å²) in [6.45, 7) is 7.09. The Kier molecular flexibility index (Phi) is 4.18. The van der Waals surface area contributed by atoms with Gasteiger partial charge in [0.05, 0.1) is 6.04 Å². The molecule has 1 atom stereocenters. The van der Waals surface area contributed by atoms with Crippen molar-refractivity contribution < 1.29 is 4.79 Å². The summed E-state index contributed by atoms with van der Waals surface area (Å²) in [5.74, 6) is 0.173. The Morgan fingerprint density at radius 2 is 2.07 bits per heavy atom. The molecule has 0 spiro atoms. The van der Waals surface area contributed by atoms with Crippen LogP contribution in [0.3, 0.4) is 0 Å². The Labute approximate surface area is 100 Å². The molecule has 3 nitrogen and oxygen atoms in total. The minimum Gasteiger partial charge on any atom is -0.350 e. The first kappa shape index (κ1) is 12.2. The molecule has 0 aromatic carbocycles. The molecule has 1 aliphatic rings. The van der Waals surface area contributed by atoms with Crippen LogP contribution in [0.1, 0.15) is 40.0 Å². The standard InChI is InChI=1S/C10H19IN2O/c1-10(2,3)12-9(14)8-6-4-5-7-13(8)11/h8H,4-7H2,1-3H3,(H,12,14)/t8-/m0/s1. The Bertz CT molecular complexity index is 213. The van der Waals surface area contributed by atoms with Gasteiger partial charge in [-0.05, 0) is 33.6 Å². The first-order valence-electron chi connectivity index (χ1n) is 5.14. The summed E-state index contributed by atoms with van der Waals surface area (Å²) in [7, 11) is 0. The van der Waals surface area contributed by atoms with Crippen molar-refractivity contribution in [3.05, 3.63) is 0 Å². The molecule has 0 radical (unpaired) electrons. The van der Waals surface area contributed by atoms with E-state index in [-0.39, 0.29) is 17.5 Å². The van der Waals surface area contributed by atoms with E-state index >= 15 is 0 Å². The van der Waals surface area contributed by atoms with Gasteiger partial charge in [-0.2, -0.15) is 0 Å². The summed E-state index contributed by atoms with van der Waals surface area (Å²) >= 11 is 2.26. The van der Waals surface area contributed by atoms with Crippen LogP contribution in [0, 0.1) is 0 Å². The number of halogens is 1. The van der Waals surface area contributed by atoms with Crippen LogP contribution in [0.2, 0.25) is 0 Å². The van der Waals surface area contributed by atoms with E-state index in [1.807, 2.05) is 20.8 Å². The molecule has 1 saturated heterocycles. The van der Waals surface area contributed by atoms with Gasteiger partial charge in [-0.3, -0.25) is 4.79 Å². The summed E-state index contributed by atoms with van der Waals surface area (Å²) in [6, 6.07) is 0.0728. The monoisotopic (exact) mass is 310 g/mol. The van der Waals surface area contributed by atoms with Crippen LogP contribution in [-0.4, -0.2) is 27.1 Å². The third-order valence-electron chi connectivity index (χ3n) is 2.24. The lowest BCUT2D eigenvalue weighted by Gasteiger charge is -2.32. The number of nitrogens with zero attached hydrogens (tertiary/aromatic N) is 1. The van der Waals surface area contributed by atoms with E-state index < -0.39 is 0 Å². The minimum absolute atomic E-state index is 0.0728. The SMILES string of the molecule is CC(C)(C)NC(=O)[C@@H]1CCCCN1I. The van der Waals surface area contributed by atoms with Crippen molar-refractivity contribution in [2.45, 2.75) is 51.6 Å². The number of hydrogen-bond donors (Lipinski definition) is 1. The van der Waals surface area contributed by atoms with Crippen molar-refractivity contribution in [2.75, 3.05) is 6.54 Å². The molecule has 0 unspecified atom stereocenters. The maximum absolute atomic E-state index is 11.9. The normalized spacial score (nSPS) is 24.7. The summed E-state index contributed by atoms with van der Waals surface area (Å²) in [6.07, 6.45) is 3.37. The minimum atomic E-state index is -0.119. The molecule has 1 rings (SSSR count). The van der Waals surface area contributed by atoms with Gasteiger partial charge in [-0.25, -0.2) is 3.11 Å². The first-order valence-corrected chi connectivity index (χ1v) is 6.11. The predicted octanol–water partition coefficient (Wildman–Crippen LogP) is 2.11. The van der Waals surface area contributed by atoms with E-state index in [1.165, 1.54) is 12.8 Å². The molecular weight excluding hydrogens is 291 g/mol. The van der Waals surface area contributed by atoms with Gasteiger partial charge in [0.2, 0.25) is 5.91 Å². The maximum Gasteiger partial charge on any atom is 0.238 e. The molecule has 1 amide bonds. The van der Waals surface area contributed by atoms with Crippen LogP contribution in [-0.2, 0) is 4.79 Å². The van der Waals surface area contributed by atoms with Crippen LogP contribution in [0.25, 0.3) is 0 Å². The van der Waals surface area contributed by atoms with Gasteiger partial charge in [-0.1, -0.05) is 6.42 Å². The lowest BCUT2D eigenvalue weighted by molar-refractivity contribution is -0.126. The van der Waals surface area contributed by atoms with E-state index in [1.54, 1.807) is 0 Å². The Morgan fingerprint density at radius 1 is 1.43 bits per heavy atom. The number of rotatable bonds is 1. The highest BCUT2D eigenvalue weighted by molar-refractivity contribution is 14.1. The van der Waals surface area contributed by atoms with Crippen molar-refractivity contribution in [1.29, 1.82) is 0 Å². The molecule has 0 aromatic heterocycles. The average molecular weight is 310 g/mol. The van der Waals surface area contributed by atoms with Gasteiger partial charge >= 0.3 is 0 Å². The molecule has 0 aromatic rings. The summed E-state index contributed by atoms with van der Waals surface area (Å²) in [4.78, 5) is 11.9. The number of hydrogen-bond acceptors (Lipinski definition) is 2. The van der Waals surface area contributed by atoms with E-state index in [0.29, 0.717) is 0 Å². The fourth-order valence-corrected chi connectivity index (χ4v) is 2.48. The van der Waals surface area contributed by atoms with Crippen molar-refractivity contribution in [3.8, 4) is 0 Å². The number of amides is 1. The van der Waals surface area contributed by atoms with Gasteiger partial charge < -0.3 is 5.32 Å². The van der Waals surface area contributed by atoms with Crippen LogP contribution >= 0.6 is 22.9 Å². The van der Waals surface area contributed by atoms with Crippen molar-refractivity contribution in [2.24, 2.45) is 0 Å². The fourth-order valence-electron chi connectivity index (χ4n) is 1.61. The Hall–Kier alpha value is 0.160. The lowest BCUT2D eigenvalue weighted by Crippen LogP contribution is -2.51. The second-order valence-electron chi connectivity index (χ2n) is 4.87. The molecule has 82 valence electrons. The third kappa shape index (κ3) is 3.73. The molecular formula is C10H19IN2O. The number of carbonyl (C=O) groups excluding carboxylic acids is 1. The van der Waals surface area contributed by atoms with Crippen molar-refractivity contribution in [1.82, 2.24) is 8.43 Å². The molecule has 0 aliphatic carbocycles. The molecule has 0 bridgehead atoms. The fraction of sp³-hybridized carbons (Fsp3) is 0.900. The topological polar surface area (TPSA) is 32.3 Å². The van der Waals surface area contributed by atoms with Gasteiger partial charge in [0.25, 0.3) is 0 Å². The van der Waals surface area contributed by atoms with Crippen LogP contribution < -0.4 is 5.32 Å². The van der Waals surface area contributed by atoms with E-state index in [9.17, 15) is 4.79 Å². The number of nitrogens with one attached hydrogen (secondary N) is 1. The quantitative estimate of drug-likeness (QED) is 0.594.